The summed E-state index contributed by atoms with van der Waals surface area (Å²) in [5.41, 5.74) is 4.08. The summed E-state index contributed by atoms with van der Waals surface area (Å²) in [6, 6.07) is 5.45. The van der Waals surface area contributed by atoms with Gasteiger partial charge in [-0.05, 0) is 43.5 Å². The van der Waals surface area contributed by atoms with E-state index < -0.39 is 35.0 Å². The van der Waals surface area contributed by atoms with Crippen molar-refractivity contribution in [2.75, 3.05) is 0 Å². The van der Waals surface area contributed by atoms with Crippen molar-refractivity contribution in [3.8, 4) is 0 Å². The van der Waals surface area contributed by atoms with Crippen LogP contribution in [0.4, 0.5) is 13.2 Å². The Balaban J connectivity index is 1.78. The van der Waals surface area contributed by atoms with E-state index in [1.165, 1.54) is 24.4 Å². The third-order valence-electron chi connectivity index (χ3n) is 5.06. The van der Waals surface area contributed by atoms with Gasteiger partial charge in [0.25, 0.3) is 5.91 Å². The maximum Gasteiger partial charge on any atom is 0.416 e. The molecule has 1 fully saturated rings. The zero-order valence-electron chi connectivity index (χ0n) is 15.1. The fourth-order valence-electron chi connectivity index (χ4n) is 3.16. The standard InChI is InChI=1S/C19H19F3N4O2/c1-11(12-4-2-5-13(10-12)19(20,21)22)25-15(27)14-6-9-24-17(26-14)18(16(23)28)7-3-8-18/h2,4-6,9-11H,3,7-8H2,1H3,(H2,23,28)(H,25,27)/t11-/m1/s1. The zero-order valence-corrected chi connectivity index (χ0v) is 15.1. The third-order valence-corrected chi connectivity index (χ3v) is 5.06. The molecule has 0 unspecified atom stereocenters. The molecule has 9 heteroatoms. The predicted octanol–water partition coefficient (Wildman–Crippen LogP) is 2.89. The van der Waals surface area contributed by atoms with Crippen LogP contribution < -0.4 is 11.1 Å². The maximum absolute atomic E-state index is 12.9. The Morgan fingerprint density at radius 1 is 1.25 bits per heavy atom. The molecule has 0 saturated heterocycles. The first-order valence-corrected chi connectivity index (χ1v) is 8.75. The Morgan fingerprint density at radius 2 is 1.96 bits per heavy atom. The molecule has 1 aliphatic carbocycles. The fourth-order valence-corrected chi connectivity index (χ4v) is 3.16. The highest BCUT2D eigenvalue weighted by Gasteiger charge is 2.47. The molecule has 1 aromatic heterocycles. The Labute approximate surface area is 159 Å². The van der Waals surface area contributed by atoms with Crippen LogP contribution in [0.2, 0.25) is 0 Å². The van der Waals surface area contributed by atoms with E-state index in [1.54, 1.807) is 6.92 Å². The number of halogens is 3. The number of primary amides is 1. The lowest BCUT2D eigenvalue weighted by molar-refractivity contribution is -0.137. The van der Waals surface area contributed by atoms with Gasteiger partial charge in [0.1, 0.15) is 16.9 Å². The summed E-state index contributed by atoms with van der Waals surface area (Å²) in [6.07, 6.45) is -1.24. The maximum atomic E-state index is 12.9. The van der Waals surface area contributed by atoms with Crippen molar-refractivity contribution in [3.63, 3.8) is 0 Å². The topological polar surface area (TPSA) is 98.0 Å². The number of carbonyl (C=O) groups excluding carboxylic acids is 2. The van der Waals surface area contributed by atoms with Gasteiger partial charge in [0, 0.05) is 6.20 Å². The van der Waals surface area contributed by atoms with Gasteiger partial charge in [-0.25, -0.2) is 9.97 Å². The molecule has 3 N–H and O–H groups in total. The number of nitrogens with zero attached hydrogens (tertiary/aromatic N) is 2. The number of hydrogen-bond acceptors (Lipinski definition) is 4. The quantitative estimate of drug-likeness (QED) is 0.818. The van der Waals surface area contributed by atoms with Crippen molar-refractivity contribution < 1.29 is 22.8 Å². The van der Waals surface area contributed by atoms with E-state index in [2.05, 4.69) is 15.3 Å². The molecule has 28 heavy (non-hydrogen) atoms. The van der Waals surface area contributed by atoms with Crippen LogP contribution in [0.3, 0.4) is 0 Å². The number of nitrogens with one attached hydrogen (secondary N) is 1. The van der Waals surface area contributed by atoms with Crippen molar-refractivity contribution >= 4 is 11.8 Å². The largest absolute Gasteiger partial charge is 0.416 e. The number of rotatable bonds is 5. The van der Waals surface area contributed by atoms with Crippen LogP contribution >= 0.6 is 0 Å². The molecule has 6 nitrogen and oxygen atoms in total. The molecule has 2 aromatic rings. The normalized spacial score (nSPS) is 16.7. The fraction of sp³-hybridized carbons (Fsp3) is 0.368. The summed E-state index contributed by atoms with van der Waals surface area (Å²) in [4.78, 5) is 32.6. The minimum Gasteiger partial charge on any atom is -0.369 e. The molecular weight excluding hydrogens is 373 g/mol. The summed E-state index contributed by atoms with van der Waals surface area (Å²) in [5, 5.41) is 2.62. The number of alkyl halides is 3. The molecule has 1 aliphatic rings. The van der Waals surface area contributed by atoms with Crippen LogP contribution in [0.5, 0.6) is 0 Å². The SMILES string of the molecule is C[C@@H](NC(=O)c1ccnc(C2(C(N)=O)CCC2)n1)c1cccc(C(F)(F)F)c1. The molecular formula is C19H19F3N4O2. The van der Waals surface area contributed by atoms with Crippen LogP contribution in [-0.4, -0.2) is 21.8 Å². The van der Waals surface area contributed by atoms with Gasteiger partial charge in [0.15, 0.2) is 0 Å². The van der Waals surface area contributed by atoms with Crippen LogP contribution in [0.1, 0.15) is 59.7 Å². The number of benzene rings is 1. The van der Waals surface area contributed by atoms with E-state index >= 15 is 0 Å². The average molecular weight is 392 g/mol. The number of nitrogens with two attached hydrogens (primary N) is 1. The molecule has 1 aromatic carbocycles. The van der Waals surface area contributed by atoms with Gasteiger partial charge < -0.3 is 11.1 Å². The molecule has 1 saturated carbocycles. The van der Waals surface area contributed by atoms with Gasteiger partial charge in [-0.2, -0.15) is 13.2 Å². The van der Waals surface area contributed by atoms with Crippen LogP contribution in [-0.2, 0) is 16.4 Å². The highest BCUT2D eigenvalue weighted by Crippen LogP contribution is 2.41. The highest BCUT2D eigenvalue weighted by molar-refractivity contribution is 5.93. The van der Waals surface area contributed by atoms with Gasteiger partial charge >= 0.3 is 6.18 Å². The van der Waals surface area contributed by atoms with E-state index in [1.807, 2.05) is 0 Å². The molecule has 1 heterocycles. The van der Waals surface area contributed by atoms with Crippen LogP contribution in [0.25, 0.3) is 0 Å². The summed E-state index contributed by atoms with van der Waals surface area (Å²) >= 11 is 0. The van der Waals surface area contributed by atoms with Crippen LogP contribution in [0, 0.1) is 0 Å². The minimum absolute atomic E-state index is 0.0244. The highest BCUT2D eigenvalue weighted by atomic mass is 19.4. The second-order valence-electron chi connectivity index (χ2n) is 6.88. The minimum atomic E-state index is -4.47. The molecule has 148 valence electrons. The van der Waals surface area contributed by atoms with Gasteiger partial charge in [-0.3, -0.25) is 9.59 Å². The summed E-state index contributed by atoms with van der Waals surface area (Å²) in [5.74, 6) is -0.910. The second kappa shape index (κ2) is 7.21. The Bertz CT molecular complexity index is 910. The monoisotopic (exact) mass is 392 g/mol. The van der Waals surface area contributed by atoms with Crippen molar-refractivity contribution in [2.24, 2.45) is 5.73 Å². The first kappa shape index (κ1) is 19.8. The van der Waals surface area contributed by atoms with Gasteiger partial charge in [-0.1, -0.05) is 18.6 Å². The van der Waals surface area contributed by atoms with Crippen molar-refractivity contribution in [2.45, 2.75) is 43.8 Å². The summed E-state index contributed by atoms with van der Waals surface area (Å²) < 4.78 is 38.6. The van der Waals surface area contributed by atoms with Gasteiger partial charge in [0.2, 0.25) is 5.91 Å². The number of carbonyl (C=O) groups is 2. The number of aromatic nitrogens is 2. The molecule has 0 aliphatic heterocycles. The zero-order chi connectivity index (χ0) is 20.5. The molecule has 2 amide bonds. The lowest BCUT2D eigenvalue weighted by atomic mass is 9.67. The van der Waals surface area contributed by atoms with E-state index in [4.69, 9.17) is 5.73 Å². The van der Waals surface area contributed by atoms with Crippen molar-refractivity contribution in [3.05, 3.63) is 59.2 Å². The summed E-state index contributed by atoms with van der Waals surface area (Å²) in [6.45, 7) is 1.58. The van der Waals surface area contributed by atoms with Crippen molar-refractivity contribution in [1.29, 1.82) is 0 Å². The molecule has 1 atom stereocenters. The number of amides is 2. The number of hydrogen-bond donors (Lipinski definition) is 2. The Kier molecular flexibility index (Phi) is 5.10. The first-order chi connectivity index (χ1) is 13.1. The van der Waals surface area contributed by atoms with E-state index in [9.17, 15) is 22.8 Å². The van der Waals surface area contributed by atoms with Crippen LogP contribution in [0.15, 0.2) is 36.5 Å². The molecule has 0 radical (unpaired) electrons. The first-order valence-electron chi connectivity index (χ1n) is 8.75. The van der Waals surface area contributed by atoms with Crippen molar-refractivity contribution in [1.82, 2.24) is 15.3 Å². The Hall–Kier alpha value is -2.97. The lowest BCUT2D eigenvalue weighted by Crippen LogP contribution is -2.48. The molecule has 0 spiro atoms. The summed E-state index contributed by atoms with van der Waals surface area (Å²) in [7, 11) is 0. The van der Waals surface area contributed by atoms with E-state index in [-0.39, 0.29) is 11.5 Å². The Morgan fingerprint density at radius 3 is 2.54 bits per heavy atom. The van der Waals surface area contributed by atoms with E-state index in [0.29, 0.717) is 18.4 Å². The lowest BCUT2D eigenvalue weighted by Gasteiger charge is -2.37. The predicted molar refractivity (Wildman–Crippen MR) is 94.1 cm³/mol. The molecule has 3 rings (SSSR count). The van der Waals surface area contributed by atoms with E-state index in [0.717, 1.165) is 18.6 Å². The molecule has 0 bridgehead atoms. The van der Waals surface area contributed by atoms with Gasteiger partial charge in [0.05, 0.1) is 11.6 Å². The smallest absolute Gasteiger partial charge is 0.369 e. The third kappa shape index (κ3) is 3.69. The average Bonchev–Trinajstić information content (AvgIpc) is 2.60. The van der Waals surface area contributed by atoms with Gasteiger partial charge in [-0.15, -0.1) is 0 Å². The second-order valence-corrected chi connectivity index (χ2v) is 6.88.